The number of esters is 2. The summed E-state index contributed by atoms with van der Waals surface area (Å²) in [6.07, 6.45) is 6.73. The Labute approximate surface area is 308 Å². The molecule has 0 amide bonds. The van der Waals surface area contributed by atoms with Crippen molar-refractivity contribution in [2.75, 3.05) is 13.2 Å². The molecule has 8 aromatic rings. The number of carbonyl (C=O) groups is 2. The number of hydrogen-bond acceptors (Lipinski definition) is 12. The van der Waals surface area contributed by atoms with E-state index < -0.39 is 11.9 Å². The molecule has 0 atom stereocenters. The Hall–Kier alpha value is -7.78. The molecule has 0 spiro atoms. The Morgan fingerprint density at radius 2 is 0.759 bits per heavy atom. The molecule has 6 aromatic heterocycles. The monoisotopic (exact) mass is 706 g/mol. The minimum Gasteiger partial charge on any atom is -0.449 e. The number of carbonyl (C=O) groups excluding carboxylic acids is 2. The van der Waals surface area contributed by atoms with Gasteiger partial charge < -0.3 is 9.47 Å². The summed E-state index contributed by atoms with van der Waals surface area (Å²) >= 11 is 0. The largest absolute Gasteiger partial charge is 0.449 e. The van der Waals surface area contributed by atoms with Crippen molar-refractivity contribution < 1.29 is 19.1 Å². The fourth-order valence-corrected chi connectivity index (χ4v) is 5.56. The van der Waals surface area contributed by atoms with Crippen LogP contribution in [0, 0.1) is 11.8 Å². The van der Waals surface area contributed by atoms with E-state index in [0.29, 0.717) is 67.6 Å². The van der Waals surface area contributed by atoms with Crippen LogP contribution in [0.2, 0.25) is 0 Å². The van der Waals surface area contributed by atoms with E-state index in [1.54, 1.807) is 61.2 Å². The molecule has 8 rings (SSSR count). The maximum Gasteiger partial charge on any atom is 0.339 e. The van der Waals surface area contributed by atoms with Crippen molar-refractivity contribution in [2.24, 2.45) is 0 Å². The molecule has 258 valence electrons. The van der Waals surface area contributed by atoms with E-state index in [2.05, 4.69) is 31.8 Å². The number of fused-ring (bicyclic) bond motifs is 2. The molecule has 0 saturated heterocycles. The van der Waals surface area contributed by atoms with Crippen LogP contribution in [-0.4, -0.2) is 65.0 Å². The van der Waals surface area contributed by atoms with Crippen LogP contribution in [0.1, 0.15) is 20.7 Å². The summed E-state index contributed by atoms with van der Waals surface area (Å²) in [4.78, 5) is 62.9. The van der Waals surface area contributed by atoms with Crippen molar-refractivity contribution in [3.63, 3.8) is 0 Å². The van der Waals surface area contributed by atoms with Crippen LogP contribution in [0.3, 0.4) is 0 Å². The van der Waals surface area contributed by atoms with Gasteiger partial charge in [0.25, 0.3) is 0 Å². The van der Waals surface area contributed by atoms with E-state index in [1.165, 1.54) is 0 Å². The summed E-state index contributed by atoms with van der Waals surface area (Å²) in [7, 11) is 0. The highest BCUT2D eigenvalue weighted by molar-refractivity contribution is 5.96. The predicted octanol–water partition coefficient (Wildman–Crippen LogP) is 6.84. The van der Waals surface area contributed by atoms with E-state index in [1.807, 2.05) is 72.8 Å². The van der Waals surface area contributed by atoms with Gasteiger partial charge in [-0.25, -0.2) is 29.5 Å². The first kappa shape index (κ1) is 33.4. The second-order valence-electron chi connectivity index (χ2n) is 11.6. The second kappa shape index (κ2) is 15.2. The lowest BCUT2D eigenvalue weighted by Crippen LogP contribution is -2.07. The number of ether oxygens (including phenoxy) is 2. The first-order valence-electron chi connectivity index (χ1n) is 16.7. The average Bonchev–Trinajstić information content (AvgIpc) is 3.24. The Balaban J connectivity index is 0.928. The standard InChI is InChI=1S/C42H26N8O4/c51-41(27-15-17-29-35(25-27)49-39(33-13-3-7-21-45-33)37(47-29)31-11-1-5-19-43-31)53-23-9-10-24-54-42(52)28-16-18-30-36(26-28)50-40(34-14-4-8-22-46-34)38(48-30)32-12-2-6-20-44-32/h1-8,11-22,25-26H,23-24H2. The highest BCUT2D eigenvalue weighted by Gasteiger charge is 2.18. The predicted molar refractivity (Wildman–Crippen MR) is 200 cm³/mol. The molecular weight excluding hydrogens is 681 g/mol. The Morgan fingerprint density at radius 1 is 0.426 bits per heavy atom. The van der Waals surface area contributed by atoms with Crippen molar-refractivity contribution in [3.05, 3.63) is 145 Å². The van der Waals surface area contributed by atoms with Gasteiger partial charge in [-0.3, -0.25) is 19.9 Å². The molecule has 6 heterocycles. The highest BCUT2D eigenvalue weighted by atomic mass is 16.5. The number of benzene rings is 2. The normalized spacial score (nSPS) is 10.7. The lowest BCUT2D eigenvalue weighted by atomic mass is 10.1. The second-order valence-corrected chi connectivity index (χ2v) is 11.6. The zero-order valence-electron chi connectivity index (χ0n) is 28.3. The van der Waals surface area contributed by atoms with Crippen LogP contribution in [0.25, 0.3) is 67.6 Å². The quantitative estimate of drug-likeness (QED) is 0.120. The van der Waals surface area contributed by atoms with Gasteiger partial charge in [-0.15, -0.1) is 0 Å². The minimum absolute atomic E-state index is 0.210. The third-order valence-electron chi connectivity index (χ3n) is 8.11. The van der Waals surface area contributed by atoms with Gasteiger partial charge in [0.05, 0.1) is 56.0 Å². The molecule has 0 bridgehead atoms. The summed E-state index contributed by atoms with van der Waals surface area (Å²) in [6.45, 7) is -0.420. The molecule has 0 aliphatic carbocycles. The fourth-order valence-electron chi connectivity index (χ4n) is 5.56. The van der Waals surface area contributed by atoms with Crippen LogP contribution in [0.4, 0.5) is 0 Å². The summed E-state index contributed by atoms with van der Waals surface area (Å²) < 4.78 is 10.7. The maximum atomic E-state index is 12.9. The van der Waals surface area contributed by atoms with Crippen LogP contribution in [0.5, 0.6) is 0 Å². The van der Waals surface area contributed by atoms with Crippen LogP contribution in [-0.2, 0) is 9.47 Å². The zero-order chi connectivity index (χ0) is 36.7. The van der Waals surface area contributed by atoms with Crippen molar-refractivity contribution in [1.82, 2.24) is 39.9 Å². The molecule has 0 aliphatic heterocycles. The highest BCUT2D eigenvalue weighted by Crippen LogP contribution is 2.30. The SMILES string of the molecule is O=C(OCC#CCOC(=O)c1ccc2nc(-c3ccccn3)c(-c3ccccn3)nc2c1)c1ccc2nc(-c3ccccn3)c(-c3ccccn3)nc2c1. The third kappa shape index (κ3) is 7.19. The summed E-state index contributed by atoms with van der Waals surface area (Å²) in [5.41, 5.74) is 7.46. The summed E-state index contributed by atoms with van der Waals surface area (Å²) in [5, 5.41) is 0. The Kier molecular flexibility index (Phi) is 9.41. The van der Waals surface area contributed by atoms with Gasteiger partial charge >= 0.3 is 11.9 Å². The molecule has 0 fully saturated rings. The van der Waals surface area contributed by atoms with E-state index in [9.17, 15) is 9.59 Å². The van der Waals surface area contributed by atoms with Gasteiger partial charge in [-0.1, -0.05) is 36.1 Å². The number of aromatic nitrogens is 8. The van der Waals surface area contributed by atoms with Crippen molar-refractivity contribution >= 4 is 34.0 Å². The van der Waals surface area contributed by atoms with Crippen molar-refractivity contribution in [1.29, 1.82) is 0 Å². The molecule has 0 N–H and O–H groups in total. The number of hydrogen-bond donors (Lipinski definition) is 0. The van der Waals surface area contributed by atoms with E-state index in [0.717, 1.165) is 0 Å². The lowest BCUT2D eigenvalue weighted by molar-refractivity contribution is 0.0539. The third-order valence-corrected chi connectivity index (χ3v) is 8.11. The van der Waals surface area contributed by atoms with Crippen molar-refractivity contribution in [3.8, 4) is 57.4 Å². The fraction of sp³-hybridized carbons (Fsp3) is 0.0476. The van der Waals surface area contributed by atoms with Gasteiger partial charge in [0.1, 0.15) is 22.8 Å². The van der Waals surface area contributed by atoms with Crippen molar-refractivity contribution in [2.45, 2.75) is 0 Å². The zero-order valence-corrected chi connectivity index (χ0v) is 28.3. The van der Waals surface area contributed by atoms with E-state index >= 15 is 0 Å². The Bertz CT molecular complexity index is 2520. The minimum atomic E-state index is -0.591. The Morgan fingerprint density at radius 3 is 1.07 bits per heavy atom. The van der Waals surface area contributed by atoms with E-state index in [-0.39, 0.29) is 24.3 Å². The molecule has 0 aliphatic rings. The molecule has 0 saturated carbocycles. The molecule has 12 heteroatoms. The van der Waals surface area contributed by atoms with Gasteiger partial charge in [0.15, 0.2) is 13.2 Å². The molecule has 12 nitrogen and oxygen atoms in total. The van der Waals surface area contributed by atoms with Gasteiger partial charge in [0, 0.05) is 24.8 Å². The molecule has 0 unspecified atom stereocenters. The summed E-state index contributed by atoms with van der Waals surface area (Å²) in [5.74, 6) is 4.25. The number of rotatable bonds is 8. The van der Waals surface area contributed by atoms with Crippen LogP contribution < -0.4 is 0 Å². The first-order chi connectivity index (χ1) is 26.6. The number of nitrogens with zero attached hydrogens (tertiary/aromatic N) is 8. The molecule has 54 heavy (non-hydrogen) atoms. The van der Waals surface area contributed by atoms with Gasteiger partial charge in [-0.05, 0) is 84.9 Å². The van der Waals surface area contributed by atoms with Gasteiger partial charge in [-0.2, -0.15) is 0 Å². The number of pyridine rings is 4. The first-order valence-corrected chi connectivity index (χ1v) is 16.7. The maximum absolute atomic E-state index is 12.9. The van der Waals surface area contributed by atoms with Crippen LogP contribution in [0.15, 0.2) is 134 Å². The average molecular weight is 707 g/mol. The summed E-state index contributed by atoms with van der Waals surface area (Å²) in [6, 6.07) is 32.0. The molecular formula is C42H26N8O4. The van der Waals surface area contributed by atoms with E-state index in [4.69, 9.17) is 29.4 Å². The topological polar surface area (TPSA) is 156 Å². The smallest absolute Gasteiger partial charge is 0.339 e. The molecule has 0 radical (unpaired) electrons. The lowest BCUT2D eigenvalue weighted by Gasteiger charge is -2.10. The molecule has 2 aromatic carbocycles. The van der Waals surface area contributed by atoms with Crippen LogP contribution >= 0.6 is 0 Å². The van der Waals surface area contributed by atoms with Gasteiger partial charge in [0.2, 0.25) is 0 Å².